The predicted octanol–water partition coefficient (Wildman–Crippen LogP) is 4.03. The van der Waals surface area contributed by atoms with E-state index in [9.17, 15) is 9.90 Å². The lowest BCUT2D eigenvalue weighted by molar-refractivity contribution is -0.127. The first-order valence-electron chi connectivity index (χ1n) is 7.11. The van der Waals surface area contributed by atoms with Gasteiger partial charge in [0.1, 0.15) is 11.5 Å². The maximum Gasteiger partial charge on any atom is 0.280 e. The van der Waals surface area contributed by atoms with Crippen LogP contribution >= 0.6 is 27.5 Å². The van der Waals surface area contributed by atoms with E-state index in [0.29, 0.717) is 16.3 Å². The van der Waals surface area contributed by atoms with Crippen LogP contribution in [-0.4, -0.2) is 23.3 Å². The van der Waals surface area contributed by atoms with E-state index in [-0.39, 0.29) is 5.75 Å². The second kappa shape index (κ2) is 8.17. The molecule has 1 amide bonds. The number of benzene rings is 2. The van der Waals surface area contributed by atoms with Crippen molar-refractivity contribution in [2.24, 2.45) is 5.10 Å². The first-order chi connectivity index (χ1) is 11.4. The molecule has 1 unspecified atom stereocenters. The molecule has 2 N–H and O–H groups in total. The number of nitrogens with zero attached hydrogens (tertiary/aromatic N) is 1. The van der Waals surface area contributed by atoms with Crippen LogP contribution in [0.5, 0.6) is 11.5 Å². The van der Waals surface area contributed by atoms with Gasteiger partial charge in [-0.25, -0.2) is 5.43 Å². The smallest absolute Gasteiger partial charge is 0.280 e. The molecular formula is C17H16BrClN2O3. The summed E-state index contributed by atoms with van der Waals surface area (Å²) in [5.41, 5.74) is 3.70. The van der Waals surface area contributed by atoms with E-state index in [0.717, 1.165) is 10.0 Å². The van der Waals surface area contributed by atoms with Crippen LogP contribution in [0.3, 0.4) is 0 Å². The average molecular weight is 412 g/mol. The molecule has 0 spiro atoms. The predicted molar refractivity (Wildman–Crippen MR) is 97.8 cm³/mol. The Labute approximate surface area is 153 Å². The van der Waals surface area contributed by atoms with Gasteiger partial charge in [-0.1, -0.05) is 27.5 Å². The highest BCUT2D eigenvalue weighted by atomic mass is 79.9. The molecule has 5 nitrogen and oxygen atoms in total. The van der Waals surface area contributed by atoms with E-state index in [1.807, 2.05) is 6.92 Å². The minimum absolute atomic E-state index is 0.0669. The molecule has 1 atom stereocenters. The summed E-state index contributed by atoms with van der Waals surface area (Å²) in [6, 6.07) is 10.1. The van der Waals surface area contributed by atoms with E-state index >= 15 is 0 Å². The average Bonchev–Trinajstić information content (AvgIpc) is 2.53. The van der Waals surface area contributed by atoms with Crippen molar-refractivity contribution in [2.75, 3.05) is 0 Å². The largest absolute Gasteiger partial charge is 0.507 e. The molecule has 2 rings (SSSR count). The number of aromatic hydroxyl groups is 1. The molecule has 0 aliphatic carbocycles. The molecule has 0 aliphatic heterocycles. The number of amides is 1. The SMILES string of the molecule is Cc1cc(Cl)ccc1OC(C)C(=O)N/N=C\c1cc(Br)ccc1O. The normalized spacial score (nSPS) is 12.2. The van der Waals surface area contributed by atoms with Gasteiger partial charge in [0.2, 0.25) is 0 Å². The Bertz CT molecular complexity index is 780. The number of hydrogen-bond acceptors (Lipinski definition) is 4. The third-order valence-electron chi connectivity index (χ3n) is 3.18. The van der Waals surface area contributed by atoms with Crippen LogP contribution in [0.15, 0.2) is 46.0 Å². The van der Waals surface area contributed by atoms with Crippen molar-refractivity contribution in [3.05, 3.63) is 57.0 Å². The summed E-state index contributed by atoms with van der Waals surface area (Å²) in [5.74, 6) is 0.239. The fourth-order valence-corrected chi connectivity index (χ4v) is 2.48. The molecular weight excluding hydrogens is 396 g/mol. The highest BCUT2D eigenvalue weighted by molar-refractivity contribution is 9.10. The molecule has 0 aromatic heterocycles. The summed E-state index contributed by atoms with van der Waals surface area (Å²) in [6.07, 6.45) is 0.622. The second-order valence-electron chi connectivity index (χ2n) is 5.11. The molecule has 126 valence electrons. The number of carbonyl (C=O) groups excluding carboxylic acids is 1. The minimum atomic E-state index is -0.738. The van der Waals surface area contributed by atoms with E-state index in [1.165, 1.54) is 12.3 Å². The van der Waals surface area contributed by atoms with Crippen molar-refractivity contribution in [3.8, 4) is 11.5 Å². The second-order valence-corrected chi connectivity index (χ2v) is 6.46. The standard InChI is InChI=1S/C17H16BrClN2O3/c1-10-7-14(19)4-6-16(10)24-11(2)17(23)21-20-9-12-8-13(18)3-5-15(12)22/h3-9,11,22H,1-2H3,(H,21,23)/b20-9-. The fourth-order valence-electron chi connectivity index (χ4n) is 1.87. The van der Waals surface area contributed by atoms with Gasteiger partial charge in [-0.3, -0.25) is 4.79 Å². The van der Waals surface area contributed by atoms with Crippen molar-refractivity contribution in [1.82, 2.24) is 5.43 Å². The lowest BCUT2D eigenvalue weighted by Crippen LogP contribution is -2.33. The highest BCUT2D eigenvalue weighted by Gasteiger charge is 2.15. The number of carbonyl (C=O) groups is 1. The number of halogens is 2. The summed E-state index contributed by atoms with van der Waals surface area (Å²) in [5, 5.41) is 14.1. The Morgan fingerprint density at radius 1 is 1.38 bits per heavy atom. The Morgan fingerprint density at radius 3 is 2.83 bits per heavy atom. The van der Waals surface area contributed by atoms with E-state index in [4.69, 9.17) is 16.3 Å². The number of phenols is 1. The zero-order chi connectivity index (χ0) is 17.7. The summed E-state index contributed by atoms with van der Waals surface area (Å²) >= 11 is 9.19. The zero-order valence-corrected chi connectivity index (χ0v) is 15.4. The van der Waals surface area contributed by atoms with Crippen LogP contribution in [0.2, 0.25) is 5.02 Å². The van der Waals surface area contributed by atoms with Gasteiger partial charge in [0, 0.05) is 15.1 Å². The van der Waals surface area contributed by atoms with Crippen molar-refractivity contribution in [3.63, 3.8) is 0 Å². The van der Waals surface area contributed by atoms with Crippen LogP contribution in [0.25, 0.3) is 0 Å². The maximum absolute atomic E-state index is 12.0. The number of aryl methyl sites for hydroxylation is 1. The Morgan fingerprint density at radius 2 is 2.12 bits per heavy atom. The van der Waals surface area contributed by atoms with Gasteiger partial charge >= 0.3 is 0 Å². The van der Waals surface area contributed by atoms with E-state index < -0.39 is 12.0 Å². The summed E-state index contributed by atoms with van der Waals surface area (Å²) in [6.45, 7) is 3.47. The molecule has 2 aromatic rings. The van der Waals surface area contributed by atoms with E-state index in [1.54, 1.807) is 37.3 Å². The van der Waals surface area contributed by atoms with Crippen molar-refractivity contribution in [1.29, 1.82) is 0 Å². The molecule has 0 saturated carbocycles. The molecule has 2 aromatic carbocycles. The van der Waals surface area contributed by atoms with Crippen LogP contribution in [0, 0.1) is 6.92 Å². The summed E-state index contributed by atoms with van der Waals surface area (Å²) in [4.78, 5) is 12.0. The minimum Gasteiger partial charge on any atom is -0.507 e. The summed E-state index contributed by atoms with van der Waals surface area (Å²) < 4.78 is 6.40. The Balaban J connectivity index is 1.96. The molecule has 0 aliphatic rings. The number of hydrogen-bond donors (Lipinski definition) is 2. The number of rotatable bonds is 5. The topological polar surface area (TPSA) is 70.9 Å². The van der Waals surface area contributed by atoms with Crippen molar-refractivity contribution in [2.45, 2.75) is 20.0 Å². The zero-order valence-electron chi connectivity index (χ0n) is 13.1. The van der Waals surface area contributed by atoms with Crippen molar-refractivity contribution >= 4 is 39.7 Å². The Kier molecular flexibility index (Phi) is 6.23. The van der Waals surface area contributed by atoms with Gasteiger partial charge < -0.3 is 9.84 Å². The first kappa shape index (κ1) is 18.3. The van der Waals surface area contributed by atoms with Gasteiger partial charge in [-0.05, 0) is 55.8 Å². The van der Waals surface area contributed by atoms with Crippen LogP contribution < -0.4 is 10.2 Å². The first-order valence-corrected chi connectivity index (χ1v) is 8.28. The number of nitrogens with one attached hydrogen (secondary N) is 1. The fraction of sp³-hybridized carbons (Fsp3) is 0.176. The third-order valence-corrected chi connectivity index (χ3v) is 3.91. The van der Waals surface area contributed by atoms with Gasteiger partial charge in [0.05, 0.1) is 6.21 Å². The molecule has 0 bridgehead atoms. The number of hydrazone groups is 1. The quantitative estimate of drug-likeness (QED) is 0.576. The molecule has 0 saturated heterocycles. The highest BCUT2D eigenvalue weighted by Crippen LogP contribution is 2.23. The molecule has 0 fully saturated rings. The van der Waals surface area contributed by atoms with Crippen LogP contribution in [-0.2, 0) is 4.79 Å². The third kappa shape index (κ3) is 4.97. The van der Waals surface area contributed by atoms with Gasteiger partial charge in [0.15, 0.2) is 6.10 Å². The van der Waals surface area contributed by atoms with Gasteiger partial charge in [-0.15, -0.1) is 0 Å². The van der Waals surface area contributed by atoms with Crippen molar-refractivity contribution < 1.29 is 14.6 Å². The van der Waals surface area contributed by atoms with E-state index in [2.05, 4.69) is 26.5 Å². The molecule has 0 heterocycles. The molecule has 7 heteroatoms. The number of phenolic OH excluding ortho intramolecular Hbond substituents is 1. The maximum atomic E-state index is 12.0. The number of ether oxygens (including phenoxy) is 1. The lowest BCUT2D eigenvalue weighted by Gasteiger charge is -2.14. The molecule has 0 radical (unpaired) electrons. The summed E-state index contributed by atoms with van der Waals surface area (Å²) in [7, 11) is 0. The van der Waals surface area contributed by atoms with Gasteiger partial charge in [0.25, 0.3) is 5.91 Å². The molecule has 24 heavy (non-hydrogen) atoms. The van der Waals surface area contributed by atoms with Crippen LogP contribution in [0.1, 0.15) is 18.1 Å². The lowest BCUT2D eigenvalue weighted by atomic mass is 10.2. The monoisotopic (exact) mass is 410 g/mol. The Hall–Kier alpha value is -2.05. The van der Waals surface area contributed by atoms with Gasteiger partial charge in [-0.2, -0.15) is 5.10 Å². The van der Waals surface area contributed by atoms with Crippen LogP contribution in [0.4, 0.5) is 0 Å².